The number of aryl methyl sites for hydroxylation is 4. The van der Waals surface area contributed by atoms with E-state index in [4.69, 9.17) is 9.97 Å². The standard InChI is InChI=1S/C29H25F2N3O2/c30-23-11-7-19(15-24(23)31)16-27(36)34-29-26(12-8-18-4-2-1-3-5-18)32-28-22-10-6-20(17-35)14-21(22)9-13-25(28)33-29/h1-7,10-11,14-15,35H,8-9,12-13,16-17H2,(H,33,34,36). The molecule has 0 spiro atoms. The number of aliphatic hydroxyl groups is 1. The number of aliphatic hydroxyl groups excluding tert-OH is 1. The highest BCUT2D eigenvalue weighted by Crippen LogP contribution is 2.33. The fraction of sp³-hybridized carbons (Fsp3) is 0.207. The van der Waals surface area contributed by atoms with E-state index in [2.05, 4.69) is 5.32 Å². The summed E-state index contributed by atoms with van der Waals surface area (Å²) in [5.41, 5.74) is 6.73. The summed E-state index contributed by atoms with van der Waals surface area (Å²) < 4.78 is 26.9. The molecule has 2 N–H and O–H groups in total. The molecule has 1 aliphatic rings. The van der Waals surface area contributed by atoms with Gasteiger partial charge < -0.3 is 10.4 Å². The maximum Gasteiger partial charge on any atom is 0.229 e. The molecular formula is C29H25F2N3O2. The first kappa shape index (κ1) is 23.8. The first-order valence-electron chi connectivity index (χ1n) is 11.9. The van der Waals surface area contributed by atoms with E-state index in [0.717, 1.165) is 58.6 Å². The van der Waals surface area contributed by atoms with Crippen LogP contribution in [0.25, 0.3) is 11.3 Å². The molecule has 1 heterocycles. The second kappa shape index (κ2) is 10.3. The second-order valence-electron chi connectivity index (χ2n) is 8.92. The number of anilines is 1. The van der Waals surface area contributed by atoms with Crippen LogP contribution in [0, 0.1) is 11.6 Å². The quantitative estimate of drug-likeness (QED) is 0.387. The SMILES string of the molecule is O=C(Cc1ccc(F)c(F)c1)Nc1nc2c(nc1CCc1ccccc1)-c1ccc(CO)cc1CC2. The molecule has 36 heavy (non-hydrogen) atoms. The second-order valence-corrected chi connectivity index (χ2v) is 8.92. The van der Waals surface area contributed by atoms with E-state index in [1.54, 1.807) is 0 Å². The van der Waals surface area contributed by atoms with Crippen molar-refractivity contribution in [2.75, 3.05) is 5.32 Å². The number of aromatic nitrogens is 2. The van der Waals surface area contributed by atoms with Crippen LogP contribution < -0.4 is 5.32 Å². The van der Waals surface area contributed by atoms with Gasteiger partial charge in [-0.15, -0.1) is 0 Å². The summed E-state index contributed by atoms with van der Waals surface area (Å²) in [5, 5.41) is 12.4. The summed E-state index contributed by atoms with van der Waals surface area (Å²) in [6.07, 6.45) is 2.60. The summed E-state index contributed by atoms with van der Waals surface area (Å²) in [7, 11) is 0. The van der Waals surface area contributed by atoms with Gasteiger partial charge in [-0.1, -0.05) is 54.6 Å². The third kappa shape index (κ3) is 5.16. The number of amides is 1. The Balaban J connectivity index is 1.46. The monoisotopic (exact) mass is 485 g/mol. The average molecular weight is 486 g/mol. The van der Waals surface area contributed by atoms with Crippen LogP contribution in [0.3, 0.4) is 0 Å². The van der Waals surface area contributed by atoms with E-state index in [9.17, 15) is 18.7 Å². The van der Waals surface area contributed by atoms with Crippen LogP contribution in [0.2, 0.25) is 0 Å². The minimum Gasteiger partial charge on any atom is -0.392 e. The molecule has 0 fully saturated rings. The molecule has 5 nitrogen and oxygen atoms in total. The number of carbonyl (C=O) groups is 1. The van der Waals surface area contributed by atoms with Crippen LogP contribution in [0.4, 0.5) is 14.6 Å². The molecule has 7 heteroatoms. The number of rotatable bonds is 7. The van der Waals surface area contributed by atoms with Crippen molar-refractivity contribution in [2.45, 2.75) is 38.7 Å². The molecule has 1 amide bonds. The number of carbonyl (C=O) groups excluding carboxylic acids is 1. The van der Waals surface area contributed by atoms with Gasteiger partial charge in [0.25, 0.3) is 0 Å². The largest absolute Gasteiger partial charge is 0.392 e. The zero-order chi connectivity index (χ0) is 25.1. The lowest BCUT2D eigenvalue weighted by Crippen LogP contribution is -2.20. The molecule has 3 aromatic carbocycles. The Morgan fingerprint density at radius 3 is 2.44 bits per heavy atom. The molecular weight excluding hydrogens is 460 g/mol. The topological polar surface area (TPSA) is 75.1 Å². The van der Waals surface area contributed by atoms with Gasteiger partial charge >= 0.3 is 0 Å². The van der Waals surface area contributed by atoms with Crippen molar-refractivity contribution in [2.24, 2.45) is 0 Å². The molecule has 5 rings (SSSR count). The van der Waals surface area contributed by atoms with E-state index in [0.29, 0.717) is 29.9 Å². The first-order valence-corrected chi connectivity index (χ1v) is 11.9. The molecule has 0 aliphatic heterocycles. The van der Waals surface area contributed by atoms with Crippen LogP contribution >= 0.6 is 0 Å². The Morgan fingerprint density at radius 1 is 0.861 bits per heavy atom. The van der Waals surface area contributed by atoms with Gasteiger partial charge in [-0.3, -0.25) is 4.79 Å². The number of halogens is 2. The van der Waals surface area contributed by atoms with Crippen molar-refractivity contribution < 1.29 is 18.7 Å². The number of nitrogens with one attached hydrogen (secondary N) is 1. The number of fused-ring (bicyclic) bond motifs is 3. The Morgan fingerprint density at radius 2 is 1.67 bits per heavy atom. The van der Waals surface area contributed by atoms with Gasteiger partial charge in [0.1, 0.15) is 0 Å². The number of hydrogen-bond acceptors (Lipinski definition) is 4. The fourth-order valence-corrected chi connectivity index (χ4v) is 4.52. The number of hydrogen-bond donors (Lipinski definition) is 2. The van der Waals surface area contributed by atoms with Gasteiger partial charge in [-0.05, 0) is 60.1 Å². The Kier molecular flexibility index (Phi) is 6.82. The summed E-state index contributed by atoms with van der Waals surface area (Å²) in [6, 6.07) is 19.3. The normalized spacial score (nSPS) is 12.1. The molecule has 4 aromatic rings. The van der Waals surface area contributed by atoms with Crippen molar-refractivity contribution in [1.29, 1.82) is 0 Å². The van der Waals surface area contributed by atoms with E-state index in [1.165, 1.54) is 6.07 Å². The number of benzene rings is 3. The first-order chi connectivity index (χ1) is 17.5. The predicted octanol–water partition coefficient (Wildman–Crippen LogP) is 4.98. The fourth-order valence-electron chi connectivity index (χ4n) is 4.52. The zero-order valence-corrected chi connectivity index (χ0v) is 19.6. The van der Waals surface area contributed by atoms with Gasteiger partial charge in [0.2, 0.25) is 5.91 Å². The van der Waals surface area contributed by atoms with Crippen LogP contribution in [0.15, 0.2) is 66.7 Å². The van der Waals surface area contributed by atoms with Crippen LogP contribution in [0.1, 0.15) is 33.6 Å². The van der Waals surface area contributed by atoms with Crippen LogP contribution in [0.5, 0.6) is 0 Å². The lowest BCUT2D eigenvalue weighted by molar-refractivity contribution is -0.115. The molecule has 0 radical (unpaired) electrons. The minimum absolute atomic E-state index is 0.0168. The summed E-state index contributed by atoms with van der Waals surface area (Å²) in [5.74, 6) is -1.91. The van der Waals surface area contributed by atoms with Crippen LogP contribution in [-0.2, 0) is 43.5 Å². The third-order valence-electron chi connectivity index (χ3n) is 6.38. The van der Waals surface area contributed by atoms with Crippen molar-refractivity contribution in [1.82, 2.24) is 9.97 Å². The Labute approximate surface area is 207 Å². The van der Waals surface area contributed by atoms with Crippen molar-refractivity contribution >= 4 is 11.7 Å². The van der Waals surface area contributed by atoms with E-state index < -0.39 is 11.6 Å². The Bertz CT molecular complexity index is 1420. The smallest absolute Gasteiger partial charge is 0.229 e. The van der Waals surface area contributed by atoms with Crippen molar-refractivity contribution in [3.8, 4) is 11.3 Å². The third-order valence-corrected chi connectivity index (χ3v) is 6.38. The highest BCUT2D eigenvalue weighted by atomic mass is 19.2. The lowest BCUT2D eigenvalue weighted by Gasteiger charge is -2.21. The van der Waals surface area contributed by atoms with Gasteiger partial charge in [-0.2, -0.15) is 0 Å². The van der Waals surface area contributed by atoms with E-state index >= 15 is 0 Å². The predicted molar refractivity (Wildman–Crippen MR) is 133 cm³/mol. The maximum atomic E-state index is 13.6. The lowest BCUT2D eigenvalue weighted by atomic mass is 9.90. The van der Waals surface area contributed by atoms with Crippen LogP contribution in [-0.4, -0.2) is 21.0 Å². The van der Waals surface area contributed by atoms with Crippen molar-refractivity contribution in [3.63, 3.8) is 0 Å². The molecule has 0 saturated heterocycles. The van der Waals surface area contributed by atoms with Gasteiger partial charge in [0, 0.05) is 5.56 Å². The van der Waals surface area contributed by atoms with Crippen molar-refractivity contribution in [3.05, 3.63) is 112 Å². The highest BCUT2D eigenvalue weighted by Gasteiger charge is 2.23. The Hall–Kier alpha value is -3.97. The highest BCUT2D eigenvalue weighted by molar-refractivity contribution is 5.92. The van der Waals surface area contributed by atoms with Gasteiger partial charge in [-0.25, -0.2) is 18.7 Å². The molecule has 1 aliphatic carbocycles. The summed E-state index contributed by atoms with van der Waals surface area (Å²) >= 11 is 0. The summed E-state index contributed by atoms with van der Waals surface area (Å²) in [6.45, 7) is -0.0168. The summed E-state index contributed by atoms with van der Waals surface area (Å²) in [4.78, 5) is 22.6. The minimum atomic E-state index is -0.986. The van der Waals surface area contributed by atoms with E-state index in [-0.39, 0.29) is 18.9 Å². The maximum absolute atomic E-state index is 13.6. The molecule has 0 unspecified atom stereocenters. The molecule has 182 valence electrons. The number of nitrogens with zero attached hydrogens (tertiary/aromatic N) is 2. The van der Waals surface area contributed by atoms with Gasteiger partial charge in [0.15, 0.2) is 17.5 Å². The van der Waals surface area contributed by atoms with Gasteiger partial charge in [0.05, 0.1) is 30.1 Å². The molecule has 1 aromatic heterocycles. The average Bonchev–Trinajstić information content (AvgIpc) is 2.89. The van der Waals surface area contributed by atoms with E-state index in [1.807, 2.05) is 48.5 Å². The molecule has 0 bridgehead atoms. The zero-order valence-electron chi connectivity index (χ0n) is 19.6. The molecule has 0 atom stereocenters. The molecule has 0 saturated carbocycles.